The Labute approximate surface area is 272 Å². The lowest BCUT2D eigenvalue weighted by Gasteiger charge is -2.39. The quantitative estimate of drug-likeness (QED) is 0.210. The zero-order valence-corrected chi connectivity index (χ0v) is 26.9. The van der Waals surface area contributed by atoms with Crippen LogP contribution < -0.4 is 20.7 Å². The van der Waals surface area contributed by atoms with E-state index < -0.39 is 5.91 Å². The summed E-state index contributed by atoms with van der Waals surface area (Å²) in [5.74, 6) is 0.185. The number of aromatic nitrogens is 5. The van der Waals surface area contributed by atoms with Gasteiger partial charge in [-0.15, -0.1) is 10.2 Å². The standard InChI is InChI=1S/C33H38N10O4/c1-5-41(3)33(46)26-11-6-8-22(36-26)17-42-18-23(19-42)43-16-21(15-35-43)24-9-7-10-25(30(24)47-4)37-27-14-28(38-31(44)20-12-13-20)39-40-29(27)32(45)34-2/h6-11,14-16,20,23H,5,12-13,17-19H2,1-4H3,(H,34,45)(H2,37,38,39,44). The topological polar surface area (TPSA) is 160 Å². The number of nitrogens with one attached hydrogen (secondary N) is 3. The number of amides is 3. The fraction of sp³-hybridized carbons (Fsp3) is 0.364. The Morgan fingerprint density at radius 1 is 1.06 bits per heavy atom. The summed E-state index contributed by atoms with van der Waals surface area (Å²) in [7, 11) is 4.87. The van der Waals surface area contributed by atoms with E-state index in [4.69, 9.17) is 4.74 Å². The van der Waals surface area contributed by atoms with Gasteiger partial charge in [-0.2, -0.15) is 5.10 Å². The van der Waals surface area contributed by atoms with E-state index in [0.29, 0.717) is 35.9 Å². The number of methoxy groups -OCH3 is 1. The van der Waals surface area contributed by atoms with Gasteiger partial charge in [-0.05, 0) is 38.0 Å². The molecule has 3 aromatic heterocycles. The number of anilines is 3. The number of likely N-dealkylation sites (tertiary alicyclic amines) is 1. The molecule has 0 spiro atoms. The first kappa shape index (κ1) is 31.6. The molecule has 1 aliphatic carbocycles. The highest BCUT2D eigenvalue weighted by Gasteiger charge is 2.31. The maximum absolute atomic E-state index is 12.6. The van der Waals surface area contributed by atoms with E-state index in [0.717, 1.165) is 42.8 Å². The van der Waals surface area contributed by atoms with Crippen LogP contribution in [0.1, 0.15) is 52.5 Å². The molecule has 3 amide bonds. The average Bonchev–Trinajstić information content (AvgIpc) is 3.82. The predicted octanol–water partition coefficient (Wildman–Crippen LogP) is 3.34. The molecular weight excluding hydrogens is 600 g/mol. The lowest BCUT2D eigenvalue weighted by molar-refractivity contribution is -0.117. The third kappa shape index (κ3) is 6.92. The summed E-state index contributed by atoms with van der Waals surface area (Å²) in [6.07, 6.45) is 5.51. The first-order chi connectivity index (χ1) is 22.8. The van der Waals surface area contributed by atoms with Gasteiger partial charge in [0.2, 0.25) is 5.91 Å². The minimum absolute atomic E-state index is 0.00797. The second-order valence-corrected chi connectivity index (χ2v) is 11.7. The lowest BCUT2D eigenvalue weighted by atomic mass is 10.1. The Hall–Kier alpha value is -5.37. The van der Waals surface area contributed by atoms with E-state index in [-0.39, 0.29) is 35.3 Å². The van der Waals surface area contributed by atoms with Crippen molar-refractivity contribution in [2.24, 2.45) is 5.92 Å². The molecule has 3 N–H and O–H groups in total. The summed E-state index contributed by atoms with van der Waals surface area (Å²) >= 11 is 0. The molecule has 1 saturated heterocycles. The molecule has 1 saturated carbocycles. The molecule has 0 radical (unpaired) electrons. The van der Waals surface area contributed by atoms with Crippen molar-refractivity contribution in [2.75, 3.05) is 51.5 Å². The van der Waals surface area contributed by atoms with Crippen LogP contribution in [0.5, 0.6) is 5.75 Å². The summed E-state index contributed by atoms with van der Waals surface area (Å²) in [6, 6.07) is 13.0. The number of hydrogen-bond donors (Lipinski definition) is 3. The molecule has 0 unspecified atom stereocenters. The largest absolute Gasteiger partial charge is 0.494 e. The molecular formula is C33H38N10O4. The van der Waals surface area contributed by atoms with Crippen LogP contribution in [0.25, 0.3) is 11.1 Å². The highest BCUT2D eigenvalue weighted by Crippen LogP contribution is 2.39. The fourth-order valence-corrected chi connectivity index (χ4v) is 5.41. The van der Waals surface area contributed by atoms with Crippen molar-refractivity contribution in [1.82, 2.24) is 40.1 Å². The third-order valence-electron chi connectivity index (χ3n) is 8.38. The van der Waals surface area contributed by atoms with Crippen LogP contribution in [0, 0.1) is 5.92 Å². The van der Waals surface area contributed by atoms with Gasteiger partial charge in [0.1, 0.15) is 11.4 Å². The lowest BCUT2D eigenvalue weighted by Crippen LogP contribution is -2.47. The molecule has 2 fully saturated rings. The van der Waals surface area contributed by atoms with Gasteiger partial charge in [-0.25, -0.2) is 4.98 Å². The second-order valence-electron chi connectivity index (χ2n) is 11.7. The Bertz CT molecular complexity index is 1800. The number of para-hydroxylation sites is 1. The highest BCUT2D eigenvalue weighted by atomic mass is 16.5. The van der Waals surface area contributed by atoms with Gasteiger partial charge < -0.3 is 25.6 Å². The van der Waals surface area contributed by atoms with E-state index in [1.54, 1.807) is 37.4 Å². The number of rotatable bonds is 12. The number of nitrogens with zero attached hydrogens (tertiary/aromatic N) is 7. The van der Waals surface area contributed by atoms with Crippen LogP contribution in [0.2, 0.25) is 0 Å². The van der Waals surface area contributed by atoms with Crippen LogP contribution in [0.15, 0.2) is 54.9 Å². The zero-order chi connectivity index (χ0) is 33.1. The van der Waals surface area contributed by atoms with E-state index >= 15 is 0 Å². The Balaban J connectivity index is 1.16. The van der Waals surface area contributed by atoms with Crippen molar-refractivity contribution < 1.29 is 19.1 Å². The Kier molecular flexibility index (Phi) is 9.11. The van der Waals surface area contributed by atoms with Gasteiger partial charge in [0.25, 0.3) is 11.8 Å². The Morgan fingerprint density at radius 3 is 2.57 bits per heavy atom. The molecule has 4 heterocycles. The molecule has 4 aromatic rings. The van der Waals surface area contributed by atoms with Gasteiger partial charge in [-0.1, -0.05) is 18.2 Å². The molecule has 14 nitrogen and oxygen atoms in total. The van der Waals surface area contributed by atoms with Gasteiger partial charge in [0.15, 0.2) is 11.5 Å². The van der Waals surface area contributed by atoms with Crippen LogP contribution in [0.4, 0.5) is 17.2 Å². The van der Waals surface area contributed by atoms with E-state index in [1.807, 2.05) is 48.1 Å². The van der Waals surface area contributed by atoms with Crippen LogP contribution in [-0.4, -0.2) is 93.3 Å². The first-order valence-corrected chi connectivity index (χ1v) is 15.6. The van der Waals surface area contributed by atoms with Crippen LogP contribution >= 0.6 is 0 Å². The number of carbonyl (C=O) groups excluding carboxylic acids is 3. The van der Waals surface area contributed by atoms with Gasteiger partial charge in [0, 0.05) is 69.6 Å². The zero-order valence-electron chi connectivity index (χ0n) is 26.9. The monoisotopic (exact) mass is 638 g/mol. The SMILES string of the molecule is CCN(C)C(=O)c1cccc(CN2CC(n3cc(-c4cccc(Nc5cc(NC(=O)C6CC6)nnc5C(=O)NC)c4OC)cn3)C2)n1. The van der Waals surface area contributed by atoms with Crippen molar-refractivity contribution in [3.63, 3.8) is 0 Å². The van der Waals surface area contributed by atoms with E-state index in [9.17, 15) is 14.4 Å². The van der Waals surface area contributed by atoms with Crippen molar-refractivity contribution in [2.45, 2.75) is 32.4 Å². The molecule has 47 heavy (non-hydrogen) atoms. The first-order valence-electron chi connectivity index (χ1n) is 15.6. The van der Waals surface area contributed by atoms with Gasteiger partial charge in [-0.3, -0.25) is 24.0 Å². The summed E-state index contributed by atoms with van der Waals surface area (Å²) in [5, 5.41) is 21.4. The molecule has 1 aromatic carbocycles. The summed E-state index contributed by atoms with van der Waals surface area (Å²) in [5.41, 5.74) is 4.04. The van der Waals surface area contributed by atoms with Gasteiger partial charge >= 0.3 is 0 Å². The number of ether oxygens (including phenoxy) is 1. The molecule has 244 valence electrons. The second kappa shape index (κ2) is 13.5. The molecule has 0 bridgehead atoms. The highest BCUT2D eigenvalue weighted by molar-refractivity contribution is 6.00. The number of hydrogen-bond acceptors (Lipinski definition) is 10. The van der Waals surface area contributed by atoms with Gasteiger partial charge in [0.05, 0.1) is 36.4 Å². The minimum Gasteiger partial charge on any atom is -0.494 e. The van der Waals surface area contributed by atoms with Crippen LogP contribution in [-0.2, 0) is 11.3 Å². The third-order valence-corrected chi connectivity index (χ3v) is 8.38. The molecule has 1 aliphatic heterocycles. The van der Waals surface area contributed by atoms with E-state index in [2.05, 4.69) is 41.1 Å². The summed E-state index contributed by atoms with van der Waals surface area (Å²) in [6.45, 7) is 4.80. The van der Waals surface area contributed by atoms with Crippen molar-refractivity contribution >= 4 is 34.9 Å². The average molecular weight is 639 g/mol. The fourth-order valence-electron chi connectivity index (χ4n) is 5.41. The molecule has 0 atom stereocenters. The van der Waals surface area contributed by atoms with E-state index in [1.165, 1.54) is 7.05 Å². The normalized spacial score (nSPS) is 14.6. The van der Waals surface area contributed by atoms with Crippen molar-refractivity contribution in [3.8, 4) is 16.9 Å². The van der Waals surface area contributed by atoms with Crippen LogP contribution in [0.3, 0.4) is 0 Å². The number of carbonyl (C=O) groups is 3. The smallest absolute Gasteiger partial charge is 0.273 e. The molecule has 6 rings (SSSR count). The maximum atomic E-state index is 12.6. The number of pyridine rings is 1. The summed E-state index contributed by atoms with van der Waals surface area (Å²) in [4.78, 5) is 46.0. The predicted molar refractivity (Wildman–Crippen MR) is 175 cm³/mol. The minimum atomic E-state index is -0.424. The maximum Gasteiger partial charge on any atom is 0.273 e. The van der Waals surface area contributed by atoms with Crippen molar-refractivity contribution in [3.05, 3.63) is 71.9 Å². The molecule has 14 heteroatoms. The molecule has 2 aliphatic rings. The van der Waals surface area contributed by atoms with Crippen molar-refractivity contribution in [1.29, 1.82) is 0 Å². The Morgan fingerprint density at radius 2 is 1.85 bits per heavy atom. The number of benzene rings is 1. The summed E-state index contributed by atoms with van der Waals surface area (Å²) < 4.78 is 7.82.